The Morgan fingerprint density at radius 2 is 2.07 bits per heavy atom. The van der Waals surface area contributed by atoms with Gasteiger partial charge in [-0.1, -0.05) is 33.7 Å². The van der Waals surface area contributed by atoms with Crippen LogP contribution < -0.4 is 5.73 Å². The van der Waals surface area contributed by atoms with Crippen molar-refractivity contribution in [3.8, 4) is 0 Å². The van der Waals surface area contributed by atoms with Gasteiger partial charge in [0.25, 0.3) is 0 Å². The molecule has 0 aromatic heterocycles. The van der Waals surface area contributed by atoms with Gasteiger partial charge in [0.2, 0.25) is 5.91 Å². The summed E-state index contributed by atoms with van der Waals surface area (Å²) in [5, 5.41) is 0. The van der Waals surface area contributed by atoms with Crippen molar-refractivity contribution in [3.63, 3.8) is 0 Å². The minimum atomic E-state index is -0.326. The highest BCUT2D eigenvalue weighted by Crippen LogP contribution is 2.41. The summed E-state index contributed by atoms with van der Waals surface area (Å²) in [5.41, 5.74) is 8.33. The third kappa shape index (κ3) is 2.16. The summed E-state index contributed by atoms with van der Waals surface area (Å²) in [7, 11) is 3.80. The molecule has 1 saturated heterocycles. The molecular formula is C11H13NOS2. The van der Waals surface area contributed by atoms with Gasteiger partial charge < -0.3 is 5.73 Å². The molecule has 1 heterocycles. The molecule has 0 unspecified atom stereocenters. The van der Waals surface area contributed by atoms with Crippen LogP contribution >= 0.6 is 21.6 Å². The summed E-state index contributed by atoms with van der Waals surface area (Å²) in [5.74, 6) is 2.51. The number of carbonyl (C=O) groups excluding carboxylic acids is 1. The Labute approximate surface area is 97.4 Å². The third-order valence-corrected chi connectivity index (χ3v) is 5.26. The van der Waals surface area contributed by atoms with Crippen LogP contribution in [0.25, 0.3) is 0 Å². The largest absolute Gasteiger partial charge is 0.366 e. The van der Waals surface area contributed by atoms with E-state index in [-0.39, 0.29) is 5.91 Å². The van der Waals surface area contributed by atoms with Crippen molar-refractivity contribution in [2.45, 2.75) is 12.8 Å². The first-order valence-corrected chi connectivity index (χ1v) is 7.32. The topological polar surface area (TPSA) is 43.1 Å². The average Bonchev–Trinajstić information content (AvgIpc) is 2.70. The molecule has 4 heteroatoms. The van der Waals surface area contributed by atoms with Crippen molar-refractivity contribution < 1.29 is 4.79 Å². The molecule has 2 nitrogen and oxygen atoms in total. The van der Waals surface area contributed by atoms with Crippen molar-refractivity contribution in [2.75, 3.05) is 11.5 Å². The maximum Gasteiger partial charge on any atom is 0.248 e. The maximum absolute atomic E-state index is 11.2. The van der Waals surface area contributed by atoms with Crippen molar-refractivity contribution in [3.05, 3.63) is 34.9 Å². The van der Waals surface area contributed by atoms with Gasteiger partial charge in [-0.3, -0.25) is 4.79 Å². The van der Waals surface area contributed by atoms with E-state index in [9.17, 15) is 4.79 Å². The lowest BCUT2D eigenvalue weighted by Crippen LogP contribution is -2.14. The van der Waals surface area contributed by atoms with E-state index in [1.54, 1.807) is 6.07 Å². The second-order valence-corrected chi connectivity index (χ2v) is 6.20. The van der Waals surface area contributed by atoms with E-state index in [0.717, 1.165) is 17.1 Å². The molecule has 80 valence electrons. The Bertz CT molecular complexity index is 386. The van der Waals surface area contributed by atoms with Crippen LogP contribution in [0.5, 0.6) is 0 Å². The lowest BCUT2D eigenvalue weighted by molar-refractivity contribution is 0.0999. The Kier molecular flexibility index (Phi) is 3.26. The van der Waals surface area contributed by atoms with Gasteiger partial charge in [-0.25, -0.2) is 0 Å². The predicted octanol–water partition coefficient (Wildman–Crippen LogP) is 2.57. The van der Waals surface area contributed by atoms with E-state index in [1.165, 1.54) is 5.56 Å². The minimum absolute atomic E-state index is 0.326. The molecule has 1 aromatic carbocycles. The van der Waals surface area contributed by atoms with Gasteiger partial charge in [0.1, 0.15) is 0 Å². The molecule has 0 radical (unpaired) electrons. The van der Waals surface area contributed by atoms with Crippen LogP contribution in [0.1, 0.15) is 27.4 Å². The second-order valence-electron chi connectivity index (χ2n) is 3.65. The fraction of sp³-hybridized carbons (Fsp3) is 0.364. The van der Waals surface area contributed by atoms with Crippen LogP contribution in [0.15, 0.2) is 18.2 Å². The first kappa shape index (κ1) is 10.9. The number of rotatable bonds is 2. The van der Waals surface area contributed by atoms with Gasteiger partial charge in [0, 0.05) is 23.0 Å². The first-order chi connectivity index (χ1) is 7.20. The molecule has 1 aromatic rings. The van der Waals surface area contributed by atoms with E-state index in [2.05, 4.69) is 6.07 Å². The molecule has 2 N–H and O–H groups in total. The predicted molar refractivity (Wildman–Crippen MR) is 67.4 cm³/mol. The Morgan fingerprint density at radius 1 is 1.40 bits per heavy atom. The first-order valence-electron chi connectivity index (χ1n) is 4.84. The number of hydrogen-bond acceptors (Lipinski definition) is 3. The molecule has 2 rings (SSSR count). The Morgan fingerprint density at radius 3 is 2.67 bits per heavy atom. The van der Waals surface area contributed by atoms with Gasteiger partial charge in [0.15, 0.2) is 0 Å². The average molecular weight is 239 g/mol. The van der Waals surface area contributed by atoms with Gasteiger partial charge >= 0.3 is 0 Å². The van der Waals surface area contributed by atoms with E-state index in [4.69, 9.17) is 5.73 Å². The Balaban J connectivity index is 2.39. The lowest BCUT2D eigenvalue weighted by atomic mass is 9.94. The van der Waals surface area contributed by atoms with Crippen LogP contribution in [0.3, 0.4) is 0 Å². The molecule has 1 aliphatic rings. The van der Waals surface area contributed by atoms with Crippen LogP contribution in [0.2, 0.25) is 0 Å². The van der Waals surface area contributed by atoms with E-state index in [0.29, 0.717) is 11.5 Å². The summed E-state index contributed by atoms with van der Waals surface area (Å²) in [4.78, 5) is 11.2. The molecule has 1 amide bonds. The molecule has 15 heavy (non-hydrogen) atoms. The third-order valence-electron chi connectivity index (χ3n) is 2.70. The van der Waals surface area contributed by atoms with Gasteiger partial charge in [-0.2, -0.15) is 0 Å². The SMILES string of the molecule is Cc1c(C(N)=O)cccc1C1CSSC1. The van der Waals surface area contributed by atoms with Crippen LogP contribution in [-0.4, -0.2) is 17.4 Å². The summed E-state index contributed by atoms with van der Waals surface area (Å²) in [6.07, 6.45) is 0. The van der Waals surface area contributed by atoms with E-state index < -0.39 is 0 Å². The standard InChI is InChI=1S/C11H13NOS2/c1-7-9(8-5-14-15-6-8)3-2-4-10(7)11(12)13/h2-4,8H,5-6H2,1H3,(H2,12,13). The minimum Gasteiger partial charge on any atom is -0.366 e. The van der Waals surface area contributed by atoms with E-state index >= 15 is 0 Å². The zero-order chi connectivity index (χ0) is 10.8. The zero-order valence-electron chi connectivity index (χ0n) is 8.53. The van der Waals surface area contributed by atoms with Crippen LogP contribution in [0.4, 0.5) is 0 Å². The van der Waals surface area contributed by atoms with Crippen LogP contribution in [-0.2, 0) is 0 Å². The summed E-state index contributed by atoms with van der Waals surface area (Å²) in [6.45, 7) is 1.99. The summed E-state index contributed by atoms with van der Waals surface area (Å²) in [6, 6.07) is 5.84. The Hall–Kier alpha value is -0.610. The monoisotopic (exact) mass is 239 g/mol. The molecule has 0 atom stereocenters. The smallest absolute Gasteiger partial charge is 0.248 e. The molecule has 0 saturated carbocycles. The highest BCUT2D eigenvalue weighted by molar-refractivity contribution is 8.77. The lowest BCUT2D eigenvalue weighted by Gasteiger charge is -2.13. The maximum atomic E-state index is 11.2. The number of primary amides is 1. The number of amides is 1. The number of carbonyl (C=O) groups is 1. The molecule has 0 aliphatic carbocycles. The van der Waals surface area contributed by atoms with E-state index in [1.807, 2.05) is 34.6 Å². The fourth-order valence-electron chi connectivity index (χ4n) is 1.85. The summed E-state index contributed by atoms with van der Waals surface area (Å²) >= 11 is 0. The zero-order valence-corrected chi connectivity index (χ0v) is 10.2. The van der Waals surface area contributed by atoms with Crippen molar-refractivity contribution in [1.29, 1.82) is 0 Å². The molecular weight excluding hydrogens is 226 g/mol. The van der Waals surface area contributed by atoms with Crippen molar-refractivity contribution >= 4 is 27.5 Å². The number of nitrogens with two attached hydrogens (primary N) is 1. The number of hydrogen-bond donors (Lipinski definition) is 1. The summed E-state index contributed by atoms with van der Waals surface area (Å²) < 4.78 is 0. The van der Waals surface area contributed by atoms with Gasteiger partial charge in [0.05, 0.1) is 0 Å². The molecule has 0 bridgehead atoms. The van der Waals surface area contributed by atoms with Gasteiger partial charge in [-0.05, 0) is 24.1 Å². The second kappa shape index (κ2) is 4.49. The van der Waals surface area contributed by atoms with Gasteiger partial charge in [-0.15, -0.1) is 0 Å². The fourth-order valence-corrected chi connectivity index (χ4v) is 4.68. The normalized spacial score (nSPS) is 16.9. The highest BCUT2D eigenvalue weighted by atomic mass is 33.1. The quantitative estimate of drug-likeness (QED) is 0.807. The van der Waals surface area contributed by atoms with Crippen molar-refractivity contribution in [2.24, 2.45) is 5.73 Å². The van der Waals surface area contributed by atoms with Crippen LogP contribution in [0, 0.1) is 6.92 Å². The molecule has 1 fully saturated rings. The van der Waals surface area contributed by atoms with Crippen molar-refractivity contribution in [1.82, 2.24) is 0 Å². The molecule has 0 spiro atoms. The number of benzene rings is 1. The highest BCUT2D eigenvalue weighted by Gasteiger charge is 2.21. The molecule has 1 aliphatic heterocycles.